The minimum Gasteiger partial charge on any atom is -0.209 e. The number of hydrogen-bond acceptors (Lipinski definition) is 6. The first-order valence-electron chi connectivity index (χ1n) is 23.5. The molecule has 1 saturated carbocycles. The number of rotatable bonds is 8. The summed E-state index contributed by atoms with van der Waals surface area (Å²) in [5.41, 5.74) is 14.8. The summed E-state index contributed by atoms with van der Waals surface area (Å²) in [7, 11) is 0. The maximum Gasteiger partial charge on any atom is 0.164 e. The fraction of sp³-hybridized carbons (Fsp3) is 0.148. The van der Waals surface area contributed by atoms with Crippen molar-refractivity contribution in [2.45, 2.75) is 56.3 Å². The maximum atomic E-state index is 5.33. The fourth-order valence-electron chi connectivity index (χ4n) is 10.7. The van der Waals surface area contributed by atoms with E-state index in [4.69, 9.17) is 29.9 Å². The molecule has 322 valence electrons. The molecular formula is C61H48N6. The highest BCUT2D eigenvalue weighted by Crippen LogP contribution is 2.56. The van der Waals surface area contributed by atoms with Crippen LogP contribution in [0.3, 0.4) is 0 Å². The van der Waals surface area contributed by atoms with Crippen molar-refractivity contribution < 1.29 is 0 Å². The van der Waals surface area contributed by atoms with Crippen LogP contribution >= 0.6 is 0 Å². The van der Waals surface area contributed by atoms with Gasteiger partial charge >= 0.3 is 0 Å². The van der Waals surface area contributed by atoms with Gasteiger partial charge in [0.2, 0.25) is 0 Å². The molecule has 6 nitrogen and oxygen atoms in total. The second-order valence-electron chi connectivity index (χ2n) is 18.5. The molecule has 0 amide bonds. The van der Waals surface area contributed by atoms with E-state index in [1.165, 1.54) is 59.9 Å². The summed E-state index contributed by atoms with van der Waals surface area (Å²) in [5, 5.41) is 0. The number of hydrogen-bond donors (Lipinski definition) is 0. The van der Waals surface area contributed by atoms with Crippen LogP contribution in [0.1, 0.15) is 68.0 Å². The molecule has 3 aliphatic carbocycles. The summed E-state index contributed by atoms with van der Waals surface area (Å²) in [5.74, 6) is 4.04. The van der Waals surface area contributed by atoms with Crippen molar-refractivity contribution in [3.05, 3.63) is 223 Å². The van der Waals surface area contributed by atoms with E-state index in [0.29, 0.717) is 34.9 Å². The van der Waals surface area contributed by atoms with Gasteiger partial charge in [0.25, 0.3) is 0 Å². The Balaban J connectivity index is 0.861. The Morgan fingerprint density at radius 3 is 1.46 bits per heavy atom. The van der Waals surface area contributed by atoms with Gasteiger partial charge in [0.1, 0.15) is 0 Å². The average molecular weight is 865 g/mol. The smallest absolute Gasteiger partial charge is 0.164 e. The van der Waals surface area contributed by atoms with Gasteiger partial charge in [0.05, 0.1) is 0 Å². The van der Waals surface area contributed by atoms with Crippen LogP contribution in [0, 0.1) is 0 Å². The third-order valence-electron chi connectivity index (χ3n) is 14.2. The zero-order chi connectivity index (χ0) is 44.8. The summed E-state index contributed by atoms with van der Waals surface area (Å²) in [6.07, 6.45) is 13.5. The topological polar surface area (TPSA) is 77.3 Å². The Labute approximate surface area is 392 Å². The van der Waals surface area contributed by atoms with Gasteiger partial charge in [-0.2, -0.15) is 0 Å². The van der Waals surface area contributed by atoms with Crippen LogP contribution in [0.25, 0.3) is 84.8 Å². The molecule has 3 aliphatic rings. The van der Waals surface area contributed by atoms with E-state index in [2.05, 4.69) is 140 Å². The van der Waals surface area contributed by atoms with Crippen molar-refractivity contribution in [1.29, 1.82) is 0 Å². The Morgan fingerprint density at radius 2 is 0.851 bits per heavy atom. The Kier molecular flexibility index (Phi) is 10.2. The largest absolute Gasteiger partial charge is 0.209 e. The van der Waals surface area contributed by atoms with E-state index in [1.807, 2.05) is 66.7 Å². The molecule has 0 saturated heterocycles. The molecule has 1 atom stereocenters. The van der Waals surface area contributed by atoms with Crippen LogP contribution in [0.15, 0.2) is 200 Å². The van der Waals surface area contributed by atoms with Gasteiger partial charge in [-0.3, -0.25) is 0 Å². The zero-order valence-corrected chi connectivity index (χ0v) is 37.5. The summed E-state index contributed by atoms with van der Waals surface area (Å²) in [4.78, 5) is 30.5. The lowest BCUT2D eigenvalue weighted by Crippen LogP contribution is -2.28. The van der Waals surface area contributed by atoms with Gasteiger partial charge in [-0.25, -0.2) is 29.9 Å². The molecule has 7 aromatic carbocycles. The Hall–Kier alpha value is -7.96. The third-order valence-corrected chi connectivity index (χ3v) is 14.2. The lowest BCUT2D eigenvalue weighted by molar-refractivity contribution is 0.353. The van der Waals surface area contributed by atoms with Gasteiger partial charge in [0, 0.05) is 38.6 Å². The van der Waals surface area contributed by atoms with E-state index in [0.717, 1.165) is 50.9 Å². The monoisotopic (exact) mass is 864 g/mol. The van der Waals surface area contributed by atoms with Crippen LogP contribution in [-0.4, -0.2) is 29.9 Å². The van der Waals surface area contributed by atoms with E-state index < -0.39 is 0 Å². The molecule has 2 aromatic heterocycles. The molecule has 1 fully saturated rings. The molecule has 0 aliphatic heterocycles. The molecule has 1 spiro atoms. The fourth-order valence-corrected chi connectivity index (χ4v) is 10.7. The van der Waals surface area contributed by atoms with Crippen LogP contribution in [0.4, 0.5) is 0 Å². The maximum absolute atomic E-state index is 5.33. The van der Waals surface area contributed by atoms with Gasteiger partial charge in [-0.1, -0.05) is 220 Å². The van der Waals surface area contributed by atoms with Crippen LogP contribution in [0.2, 0.25) is 0 Å². The highest BCUT2D eigenvalue weighted by molar-refractivity contribution is 5.84. The van der Waals surface area contributed by atoms with Crippen LogP contribution in [0.5, 0.6) is 0 Å². The van der Waals surface area contributed by atoms with E-state index in [1.54, 1.807) is 0 Å². The summed E-state index contributed by atoms with van der Waals surface area (Å²) in [6, 6.07) is 64.0. The quantitative estimate of drug-likeness (QED) is 0.151. The predicted octanol–water partition coefficient (Wildman–Crippen LogP) is 14.6. The summed E-state index contributed by atoms with van der Waals surface area (Å²) < 4.78 is 0. The van der Waals surface area contributed by atoms with Crippen molar-refractivity contribution >= 4 is 5.57 Å². The lowest BCUT2D eigenvalue weighted by atomic mass is 9.67. The Bertz CT molecular complexity index is 3300. The van der Waals surface area contributed by atoms with Gasteiger partial charge in [0.15, 0.2) is 34.9 Å². The third kappa shape index (κ3) is 7.49. The molecule has 0 bridgehead atoms. The SMILES string of the molecule is CC1(c2cccc(-c3ccc(-c4nc(-c5ccccc5)nc(-c5ccccc5)n4)cc3)c2)C=CC=C(c2nc(-c3ccccc3)nc(-c3ccc4c(c3)C3(CCCCC3)c3ccccc3-4)n2)C1. The normalized spacial score (nSPS) is 16.9. The molecular weight excluding hydrogens is 817 g/mol. The van der Waals surface area contributed by atoms with Crippen molar-refractivity contribution in [3.63, 3.8) is 0 Å². The van der Waals surface area contributed by atoms with Crippen LogP contribution < -0.4 is 0 Å². The lowest BCUT2D eigenvalue weighted by Gasteiger charge is -2.36. The number of fused-ring (bicyclic) bond motifs is 5. The highest BCUT2D eigenvalue weighted by atomic mass is 15.0. The van der Waals surface area contributed by atoms with Gasteiger partial charge in [-0.05, 0) is 69.8 Å². The molecule has 0 radical (unpaired) electrons. The molecule has 2 heterocycles. The number of nitrogens with zero attached hydrogens (tertiary/aromatic N) is 6. The average Bonchev–Trinajstić information content (AvgIpc) is 3.66. The van der Waals surface area contributed by atoms with Gasteiger partial charge < -0.3 is 0 Å². The van der Waals surface area contributed by atoms with Crippen molar-refractivity contribution in [1.82, 2.24) is 29.9 Å². The Morgan fingerprint density at radius 1 is 0.373 bits per heavy atom. The molecule has 0 N–H and O–H groups in total. The molecule has 12 rings (SSSR count). The van der Waals surface area contributed by atoms with E-state index in [-0.39, 0.29) is 10.8 Å². The molecule has 9 aromatic rings. The molecule has 67 heavy (non-hydrogen) atoms. The van der Waals surface area contributed by atoms with Crippen molar-refractivity contribution in [3.8, 4) is 79.2 Å². The summed E-state index contributed by atoms with van der Waals surface area (Å²) >= 11 is 0. The summed E-state index contributed by atoms with van der Waals surface area (Å²) in [6.45, 7) is 2.32. The van der Waals surface area contributed by atoms with Crippen LogP contribution in [-0.2, 0) is 10.8 Å². The predicted molar refractivity (Wildman–Crippen MR) is 271 cm³/mol. The van der Waals surface area contributed by atoms with Crippen molar-refractivity contribution in [2.24, 2.45) is 0 Å². The first kappa shape index (κ1) is 40.5. The van der Waals surface area contributed by atoms with Gasteiger partial charge in [-0.15, -0.1) is 0 Å². The minimum atomic E-state index is -0.307. The van der Waals surface area contributed by atoms with E-state index >= 15 is 0 Å². The second kappa shape index (κ2) is 16.8. The first-order chi connectivity index (χ1) is 33.0. The van der Waals surface area contributed by atoms with Crippen molar-refractivity contribution in [2.75, 3.05) is 0 Å². The molecule has 1 unspecified atom stereocenters. The second-order valence-corrected chi connectivity index (χ2v) is 18.5. The minimum absolute atomic E-state index is 0.0423. The number of allylic oxidation sites excluding steroid dienone is 4. The van der Waals surface area contributed by atoms with E-state index in [9.17, 15) is 0 Å². The first-order valence-corrected chi connectivity index (χ1v) is 23.5. The molecule has 6 heteroatoms. The highest BCUT2D eigenvalue weighted by Gasteiger charge is 2.43. The zero-order valence-electron chi connectivity index (χ0n) is 37.5. The number of aromatic nitrogens is 6. The number of benzene rings is 7. The standard InChI is InChI=1S/C61H48N6/c1-60(49-26-16-24-46(38-49)41-29-31-45(32-30-41)57-63-54(42-18-6-2-7-19-42)62-55(64-57)43-20-8-3-9-21-43)35-17-25-48(40-60)59-66-56(44-22-10-4-11-23-44)65-58(67-59)47-33-34-51-50-27-12-13-28-52(50)61(53(51)39-47)36-14-5-15-37-61/h2-4,6-13,16-35,38-39H,5,14-15,36-37,40H2,1H3.